The molecular formula is C45H58N4O8. The van der Waals surface area contributed by atoms with Crippen molar-refractivity contribution in [1.29, 1.82) is 0 Å². The van der Waals surface area contributed by atoms with Crippen molar-refractivity contribution in [2.75, 3.05) is 19.7 Å². The van der Waals surface area contributed by atoms with E-state index in [1.807, 2.05) is 45.0 Å². The quantitative estimate of drug-likeness (QED) is 0.0559. The second-order valence-corrected chi connectivity index (χ2v) is 15.0. The fourth-order valence-electron chi connectivity index (χ4n) is 7.07. The lowest BCUT2D eigenvalue weighted by Gasteiger charge is -2.24. The maximum Gasteiger partial charge on any atom is 0.407 e. The summed E-state index contributed by atoms with van der Waals surface area (Å²) < 4.78 is 10.9. The Bertz CT molecular complexity index is 1780. The molecule has 1 aliphatic rings. The monoisotopic (exact) mass is 782 g/mol. The molecule has 0 spiro atoms. The first-order chi connectivity index (χ1) is 27.5. The van der Waals surface area contributed by atoms with Crippen LogP contribution in [0.4, 0.5) is 9.59 Å². The number of benzene rings is 3. The molecule has 0 fully saturated rings. The second-order valence-electron chi connectivity index (χ2n) is 15.0. The van der Waals surface area contributed by atoms with Gasteiger partial charge in [-0.1, -0.05) is 100.0 Å². The molecule has 2 atom stereocenters. The number of fused-ring (bicyclic) bond motifs is 3. The first kappa shape index (κ1) is 44.2. The smallest absolute Gasteiger partial charge is 0.407 e. The Labute approximate surface area is 336 Å². The molecule has 57 heavy (non-hydrogen) atoms. The number of nitrogens with two attached hydrogens (primary N) is 1. The summed E-state index contributed by atoms with van der Waals surface area (Å²) in [7, 11) is 0. The molecule has 0 saturated carbocycles. The normalized spacial score (nSPS) is 12.8. The van der Waals surface area contributed by atoms with Crippen LogP contribution in [0.3, 0.4) is 0 Å². The number of rotatable bonds is 24. The Morgan fingerprint density at radius 2 is 1.37 bits per heavy atom. The van der Waals surface area contributed by atoms with Crippen molar-refractivity contribution in [2.45, 2.75) is 104 Å². The van der Waals surface area contributed by atoms with Crippen molar-refractivity contribution in [3.8, 4) is 11.1 Å². The Balaban J connectivity index is 1.19. The van der Waals surface area contributed by atoms with E-state index in [0.29, 0.717) is 45.1 Å². The highest BCUT2D eigenvalue weighted by Gasteiger charge is 2.30. The topological polar surface area (TPSA) is 183 Å². The van der Waals surface area contributed by atoms with Crippen LogP contribution in [-0.2, 0) is 41.7 Å². The lowest BCUT2D eigenvalue weighted by atomic mass is 9.88. The number of unbranched alkanes of at least 4 members (excludes halogenated alkanes) is 2. The SMILES string of the molecule is CCCC(=O)OCc1ccc(CC(=O)[C@H](CCCNC(N)=O)NC(=O)[C@@H](CC(=O)CCCCCNC(=O)OCC2c3ccccc3-c3ccccc32)C(C)C)cc1. The van der Waals surface area contributed by atoms with E-state index in [9.17, 15) is 28.8 Å². The highest BCUT2D eigenvalue weighted by atomic mass is 16.5. The van der Waals surface area contributed by atoms with Crippen LogP contribution < -0.4 is 21.7 Å². The zero-order chi connectivity index (χ0) is 41.2. The summed E-state index contributed by atoms with van der Waals surface area (Å²) in [6.07, 6.45) is 3.70. The number of carbonyl (C=O) groups is 6. The van der Waals surface area contributed by atoms with Crippen molar-refractivity contribution in [3.63, 3.8) is 0 Å². The maximum absolute atomic E-state index is 13.6. The highest BCUT2D eigenvalue weighted by Crippen LogP contribution is 2.44. The zero-order valence-corrected chi connectivity index (χ0v) is 33.5. The predicted molar refractivity (Wildman–Crippen MR) is 218 cm³/mol. The molecule has 0 heterocycles. The number of amides is 4. The van der Waals surface area contributed by atoms with Crippen molar-refractivity contribution in [2.24, 2.45) is 17.6 Å². The number of nitrogens with one attached hydrogen (secondary N) is 3. The van der Waals surface area contributed by atoms with Gasteiger partial charge in [-0.2, -0.15) is 0 Å². The van der Waals surface area contributed by atoms with Gasteiger partial charge in [-0.25, -0.2) is 9.59 Å². The number of primary amides is 1. The average Bonchev–Trinajstić information content (AvgIpc) is 3.51. The molecule has 4 rings (SSSR count). The van der Waals surface area contributed by atoms with Crippen LogP contribution in [-0.4, -0.2) is 61.3 Å². The first-order valence-corrected chi connectivity index (χ1v) is 20.2. The molecule has 12 nitrogen and oxygen atoms in total. The van der Waals surface area contributed by atoms with E-state index in [2.05, 4.69) is 40.2 Å². The molecule has 0 aromatic heterocycles. The van der Waals surface area contributed by atoms with Crippen LogP contribution in [0.2, 0.25) is 0 Å². The minimum Gasteiger partial charge on any atom is -0.461 e. The fourth-order valence-corrected chi connectivity index (χ4v) is 7.07. The van der Waals surface area contributed by atoms with Crippen LogP contribution in [0.5, 0.6) is 0 Å². The lowest BCUT2D eigenvalue weighted by Crippen LogP contribution is -2.46. The number of carbonyl (C=O) groups excluding carboxylic acids is 6. The molecule has 0 aliphatic heterocycles. The molecule has 0 bridgehead atoms. The van der Waals surface area contributed by atoms with Gasteiger partial charge >= 0.3 is 18.1 Å². The number of ether oxygens (including phenoxy) is 2. The van der Waals surface area contributed by atoms with Gasteiger partial charge in [0, 0.05) is 50.6 Å². The molecule has 3 aromatic rings. The molecule has 5 N–H and O–H groups in total. The molecule has 0 unspecified atom stereocenters. The van der Waals surface area contributed by atoms with Crippen molar-refractivity contribution < 1.29 is 38.2 Å². The number of alkyl carbamates (subject to hydrolysis) is 1. The molecule has 12 heteroatoms. The Hall–Kier alpha value is -5.52. The molecule has 0 saturated heterocycles. The van der Waals surface area contributed by atoms with E-state index in [4.69, 9.17) is 15.2 Å². The third-order valence-electron chi connectivity index (χ3n) is 10.3. The van der Waals surface area contributed by atoms with Crippen LogP contribution in [0.15, 0.2) is 72.8 Å². The van der Waals surface area contributed by atoms with Crippen molar-refractivity contribution in [1.82, 2.24) is 16.0 Å². The number of hydrogen-bond acceptors (Lipinski definition) is 8. The summed E-state index contributed by atoms with van der Waals surface area (Å²) in [5.41, 5.74) is 11.4. The fraction of sp³-hybridized carbons (Fsp3) is 0.467. The second kappa shape index (κ2) is 22.9. The highest BCUT2D eigenvalue weighted by molar-refractivity contribution is 5.93. The third kappa shape index (κ3) is 14.2. The summed E-state index contributed by atoms with van der Waals surface area (Å²) in [4.78, 5) is 75.6. The maximum atomic E-state index is 13.6. The summed E-state index contributed by atoms with van der Waals surface area (Å²) in [5, 5.41) is 8.23. The lowest BCUT2D eigenvalue weighted by molar-refractivity contribution is -0.145. The average molecular weight is 783 g/mol. The van der Waals surface area contributed by atoms with Gasteiger partial charge in [0.25, 0.3) is 0 Å². The van der Waals surface area contributed by atoms with Gasteiger partial charge in [-0.15, -0.1) is 0 Å². The van der Waals surface area contributed by atoms with Gasteiger partial charge in [-0.05, 0) is 71.4 Å². The molecule has 306 valence electrons. The molecule has 4 amide bonds. The van der Waals surface area contributed by atoms with Gasteiger partial charge in [-0.3, -0.25) is 19.2 Å². The van der Waals surface area contributed by atoms with Gasteiger partial charge in [0.1, 0.15) is 19.0 Å². The number of urea groups is 1. The van der Waals surface area contributed by atoms with Crippen LogP contribution >= 0.6 is 0 Å². The van der Waals surface area contributed by atoms with E-state index >= 15 is 0 Å². The van der Waals surface area contributed by atoms with Crippen molar-refractivity contribution in [3.05, 3.63) is 95.1 Å². The Morgan fingerprint density at radius 1 is 0.737 bits per heavy atom. The summed E-state index contributed by atoms with van der Waals surface area (Å²) in [6.45, 7) is 6.71. The molecule has 0 radical (unpaired) electrons. The standard InChI is InChI=1S/C45H58N4O8/c1-4-13-42(52)56-28-32-22-20-31(21-23-32)26-41(51)40(19-12-25-47-44(46)54)49-43(53)38(30(2)3)27-33(50)14-6-5-11-24-48-45(55)57-29-39-36-17-9-7-15-34(36)35-16-8-10-18-37(35)39/h7-10,15-18,20-23,30,38-40H,4-6,11-14,19,24-29H2,1-3H3,(H,48,55)(H,49,53)(H3,46,47,54)/t38-,40-/m0/s1. The molecule has 3 aromatic carbocycles. The number of esters is 1. The predicted octanol–water partition coefficient (Wildman–Crippen LogP) is 6.91. The van der Waals surface area contributed by atoms with Gasteiger partial charge < -0.3 is 31.2 Å². The summed E-state index contributed by atoms with van der Waals surface area (Å²) in [6, 6.07) is 22.0. The van der Waals surface area contributed by atoms with Crippen LogP contribution in [0, 0.1) is 11.8 Å². The first-order valence-electron chi connectivity index (χ1n) is 20.2. The third-order valence-corrected chi connectivity index (χ3v) is 10.3. The van der Waals surface area contributed by atoms with E-state index in [0.717, 1.165) is 28.7 Å². The summed E-state index contributed by atoms with van der Waals surface area (Å²) in [5.74, 6) is -1.66. The van der Waals surface area contributed by atoms with E-state index in [1.165, 1.54) is 11.1 Å². The van der Waals surface area contributed by atoms with E-state index in [-0.39, 0.29) is 74.3 Å². The summed E-state index contributed by atoms with van der Waals surface area (Å²) >= 11 is 0. The number of hydrogen-bond donors (Lipinski definition) is 4. The molecular weight excluding hydrogens is 725 g/mol. The zero-order valence-electron chi connectivity index (χ0n) is 33.5. The van der Waals surface area contributed by atoms with E-state index < -0.39 is 24.1 Å². The van der Waals surface area contributed by atoms with Crippen molar-refractivity contribution >= 4 is 35.6 Å². The minimum absolute atomic E-state index is 0.0116. The van der Waals surface area contributed by atoms with Gasteiger partial charge in [0.15, 0.2) is 5.78 Å². The van der Waals surface area contributed by atoms with Crippen LogP contribution in [0.25, 0.3) is 11.1 Å². The molecule has 1 aliphatic carbocycles. The number of Topliss-reactive ketones (excluding diaryl/α,β-unsaturated/α-hetero) is 2. The van der Waals surface area contributed by atoms with Gasteiger partial charge in [0.05, 0.1) is 6.04 Å². The van der Waals surface area contributed by atoms with E-state index in [1.54, 1.807) is 24.3 Å². The number of ketones is 2. The Kier molecular flexibility index (Phi) is 17.7. The van der Waals surface area contributed by atoms with Gasteiger partial charge in [0.2, 0.25) is 5.91 Å². The minimum atomic E-state index is -0.831. The van der Waals surface area contributed by atoms with Crippen LogP contribution in [0.1, 0.15) is 107 Å². The largest absolute Gasteiger partial charge is 0.461 e. The Morgan fingerprint density at radius 3 is 2.00 bits per heavy atom.